The highest BCUT2D eigenvalue weighted by Gasteiger charge is 2.25. The van der Waals surface area contributed by atoms with Gasteiger partial charge in [0, 0.05) is 12.0 Å². The van der Waals surface area contributed by atoms with Crippen LogP contribution in [0.1, 0.15) is 51.6 Å². The Kier molecular flexibility index (Phi) is 5.08. The summed E-state index contributed by atoms with van der Waals surface area (Å²) in [5, 5.41) is 9.94. The Bertz CT molecular complexity index is 1080. The van der Waals surface area contributed by atoms with Gasteiger partial charge in [-0.05, 0) is 32.0 Å². The minimum absolute atomic E-state index is 0.0482. The lowest BCUT2D eigenvalue weighted by molar-refractivity contribution is 0.364. The van der Waals surface area contributed by atoms with E-state index in [0.717, 1.165) is 10.7 Å². The van der Waals surface area contributed by atoms with Gasteiger partial charge in [-0.1, -0.05) is 37.7 Å². The third kappa shape index (κ3) is 4.02. The molecule has 146 valence electrons. The number of thioether (sulfide) groups is 1. The number of nitrogens with two attached hydrogens (primary N) is 1. The van der Waals surface area contributed by atoms with Gasteiger partial charge in [-0.25, -0.2) is 18.5 Å². The molecule has 1 atom stereocenters. The largest absolute Gasteiger partial charge is 0.338 e. The fraction of sp³-hybridized carbons (Fsp3) is 0.471. The molecule has 2 aromatic heterocycles. The standard InChI is InChI=1S/C17H23N5O3S2/c1-6-22-13-8-7-11(27(18,23)24)9-12(13)19-16(22)26-10(2)14-20-15(21-25-14)17(3,4)5/h7-10H,6H2,1-5H3,(H2,18,23,24). The smallest absolute Gasteiger partial charge is 0.239 e. The van der Waals surface area contributed by atoms with Crippen molar-refractivity contribution in [3.8, 4) is 0 Å². The third-order valence-electron chi connectivity index (χ3n) is 4.07. The van der Waals surface area contributed by atoms with Gasteiger partial charge in [0.25, 0.3) is 0 Å². The van der Waals surface area contributed by atoms with Gasteiger partial charge in [0.2, 0.25) is 15.9 Å². The van der Waals surface area contributed by atoms with E-state index in [1.165, 1.54) is 23.9 Å². The second-order valence-corrected chi connectivity index (χ2v) is 10.2. The number of hydrogen-bond acceptors (Lipinski definition) is 7. The maximum atomic E-state index is 11.6. The molecule has 0 aliphatic carbocycles. The van der Waals surface area contributed by atoms with Crippen molar-refractivity contribution >= 4 is 32.8 Å². The average molecular weight is 410 g/mol. The summed E-state index contributed by atoms with van der Waals surface area (Å²) < 4.78 is 30.6. The molecule has 0 saturated heterocycles. The summed E-state index contributed by atoms with van der Waals surface area (Å²) in [5.74, 6) is 1.19. The van der Waals surface area contributed by atoms with Gasteiger partial charge in [-0.15, -0.1) is 0 Å². The molecule has 2 heterocycles. The number of hydrogen-bond donors (Lipinski definition) is 1. The number of fused-ring (bicyclic) bond motifs is 1. The minimum atomic E-state index is -3.77. The minimum Gasteiger partial charge on any atom is -0.338 e. The van der Waals surface area contributed by atoms with E-state index in [2.05, 4.69) is 15.1 Å². The van der Waals surface area contributed by atoms with Crippen LogP contribution in [0.2, 0.25) is 0 Å². The molecule has 0 spiro atoms. The van der Waals surface area contributed by atoms with Crippen molar-refractivity contribution in [2.75, 3.05) is 0 Å². The van der Waals surface area contributed by atoms with Crippen molar-refractivity contribution in [3.63, 3.8) is 0 Å². The van der Waals surface area contributed by atoms with Gasteiger partial charge in [-0.3, -0.25) is 0 Å². The number of aryl methyl sites for hydroxylation is 1. The third-order valence-corrected chi connectivity index (χ3v) is 6.06. The number of aromatic nitrogens is 4. The number of primary sulfonamides is 1. The molecule has 8 nitrogen and oxygen atoms in total. The number of nitrogens with zero attached hydrogens (tertiary/aromatic N) is 4. The fourth-order valence-corrected chi connectivity index (χ4v) is 4.13. The van der Waals surface area contributed by atoms with Crippen LogP contribution in [0.25, 0.3) is 11.0 Å². The Balaban J connectivity index is 1.95. The number of benzene rings is 1. The van der Waals surface area contributed by atoms with E-state index in [-0.39, 0.29) is 15.6 Å². The average Bonchev–Trinajstić information content (AvgIpc) is 3.17. The monoisotopic (exact) mass is 409 g/mol. The van der Waals surface area contributed by atoms with E-state index in [0.29, 0.717) is 23.8 Å². The normalized spacial score (nSPS) is 14.0. The quantitative estimate of drug-likeness (QED) is 0.643. The Morgan fingerprint density at radius 2 is 2.00 bits per heavy atom. The second kappa shape index (κ2) is 6.92. The molecule has 0 fully saturated rings. The molecule has 0 radical (unpaired) electrons. The zero-order valence-corrected chi connectivity index (χ0v) is 17.6. The van der Waals surface area contributed by atoms with Crippen LogP contribution < -0.4 is 5.14 Å². The number of sulfonamides is 1. The molecular weight excluding hydrogens is 386 g/mol. The molecule has 1 unspecified atom stereocenters. The molecule has 3 aromatic rings. The molecular formula is C17H23N5O3S2. The summed E-state index contributed by atoms with van der Waals surface area (Å²) in [4.78, 5) is 9.14. The topological polar surface area (TPSA) is 117 Å². The summed E-state index contributed by atoms with van der Waals surface area (Å²) in [5.41, 5.74) is 1.24. The van der Waals surface area contributed by atoms with Gasteiger partial charge < -0.3 is 9.09 Å². The summed E-state index contributed by atoms with van der Waals surface area (Å²) in [6, 6.07) is 4.72. The molecule has 0 aliphatic heterocycles. The summed E-state index contributed by atoms with van der Waals surface area (Å²) in [7, 11) is -3.77. The number of imidazole rings is 1. The van der Waals surface area contributed by atoms with Gasteiger partial charge >= 0.3 is 0 Å². The highest BCUT2D eigenvalue weighted by Crippen LogP contribution is 2.36. The van der Waals surface area contributed by atoms with Gasteiger partial charge in [-0.2, -0.15) is 4.98 Å². The van der Waals surface area contributed by atoms with E-state index in [4.69, 9.17) is 9.66 Å². The summed E-state index contributed by atoms with van der Waals surface area (Å²) >= 11 is 1.49. The number of rotatable bonds is 5. The molecule has 0 saturated carbocycles. The fourth-order valence-electron chi connectivity index (χ4n) is 2.57. The lowest BCUT2D eigenvalue weighted by atomic mass is 9.96. The first-order valence-corrected chi connectivity index (χ1v) is 11.0. The predicted molar refractivity (Wildman–Crippen MR) is 104 cm³/mol. The van der Waals surface area contributed by atoms with Crippen LogP contribution >= 0.6 is 11.8 Å². The van der Waals surface area contributed by atoms with Crippen LogP contribution in [-0.4, -0.2) is 28.1 Å². The molecule has 27 heavy (non-hydrogen) atoms. The first-order chi connectivity index (χ1) is 12.5. The van der Waals surface area contributed by atoms with Gasteiger partial charge in [0.1, 0.15) is 0 Å². The van der Waals surface area contributed by atoms with Crippen LogP contribution in [-0.2, 0) is 22.0 Å². The van der Waals surface area contributed by atoms with Crippen molar-refractivity contribution in [2.24, 2.45) is 5.14 Å². The SMILES string of the molecule is CCn1c(SC(C)c2nc(C(C)(C)C)no2)nc2cc(S(N)(=O)=O)ccc21. The van der Waals surface area contributed by atoms with E-state index in [1.54, 1.807) is 6.07 Å². The van der Waals surface area contributed by atoms with E-state index >= 15 is 0 Å². The Hall–Kier alpha value is -1.91. The van der Waals surface area contributed by atoms with Crippen LogP contribution in [0.3, 0.4) is 0 Å². The van der Waals surface area contributed by atoms with Crippen LogP contribution in [0.4, 0.5) is 0 Å². The maximum absolute atomic E-state index is 11.6. The molecule has 0 aliphatic rings. The van der Waals surface area contributed by atoms with Crippen molar-refractivity contribution < 1.29 is 12.9 Å². The first kappa shape index (κ1) is 19.8. The zero-order valence-electron chi connectivity index (χ0n) is 15.9. The highest BCUT2D eigenvalue weighted by molar-refractivity contribution is 7.99. The van der Waals surface area contributed by atoms with Crippen LogP contribution in [0, 0.1) is 0 Å². The summed E-state index contributed by atoms with van der Waals surface area (Å²) in [6.07, 6.45) is 0. The molecule has 3 rings (SSSR count). The van der Waals surface area contributed by atoms with Crippen molar-refractivity contribution in [1.29, 1.82) is 0 Å². The lowest BCUT2D eigenvalue weighted by Crippen LogP contribution is -2.13. The molecule has 0 bridgehead atoms. The van der Waals surface area contributed by atoms with Crippen LogP contribution in [0.5, 0.6) is 0 Å². The lowest BCUT2D eigenvalue weighted by Gasteiger charge is -2.11. The van der Waals surface area contributed by atoms with Crippen molar-refractivity contribution in [1.82, 2.24) is 19.7 Å². The van der Waals surface area contributed by atoms with Gasteiger partial charge in [0.05, 0.1) is 21.2 Å². The van der Waals surface area contributed by atoms with E-state index in [9.17, 15) is 8.42 Å². The molecule has 2 N–H and O–H groups in total. The highest BCUT2D eigenvalue weighted by atomic mass is 32.2. The predicted octanol–water partition coefficient (Wildman–Crippen LogP) is 3.24. The molecule has 0 amide bonds. The van der Waals surface area contributed by atoms with Crippen molar-refractivity contribution in [2.45, 2.75) is 61.9 Å². The van der Waals surface area contributed by atoms with E-state index < -0.39 is 10.0 Å². The van der Waals surface area contributed by atoms with Gasteiger partial charge in [0.15, 0.2) is 11.0 Å². The summed E-state index contributed by atoms with van der Waals surface area (Å²) in [6.45, 7) is 10.8. The molecule has 1 aromatic carbocycles. The Morgan fingerprint density at radius 3 is 2.56 bits per heavy atom. The zero-order chi connectivity index (χ0) is 20.0. The van der Waals surface area contributed by atoms with Crippen molar-refractivity contribution in [3.05, 3.63) is 29.9 Å². The van der Waals surface area contributed by atoms with Crippen LogP contribution in [0.15, 0.2) is 32.8 Å². The Morgan fingerprint density at radius 1 is 1.30 bits per heavy atom. The second-order valence-electron chi connectivity index (χ2n) is 7.30. The first-order valence-electron chi connectivity index (χ1n) is 8.54. The Labute approximate surface area is 162 Å². The molecule has 10 heteroatoms. The van der Waals surface area contributed by atoms with E-state index in [1.807, 2.05) is 39.2 Å². The maximum Gasteiger partial charge on any atom is 0.239 e.